The topological polar surface area (TPSA) is 84.6 Å². The van der Waals surface area contributed by atoms with Crippen molar-refractivity contribution in [1.82, 2.24) is 5.43 Å². The largest absolute Gasteiger partial charge is 0.283 e. The summed E-state index contributed by atoms with van der Waals surface area (Å²) < 4.78 is 0.914. The average Bonchev–Trinajstić information content (AvgIpc) is 2.96. The molecule has 2 aromatic carbocycles. The predicted octanol–water partition coefficient (Wildman–Crippen LogP) is 4.62. The van der Waals surface area contributed by atoms with Crippen molar-refractivity contribution >= 4 is 50.3 Å². The monoisotopic (exact) mass is 373 g/mol. The van der Waals surface area contributed by atoms with Crippen LogP contribution in [0, 0.1) is 10.1 Å². The predicted molar refractivity (Wildman–Crippen MR) is 99.6 cm³/mol. The molecule has 0 saturated heterocycles. The second kappa shape index (κ2) is 7.00. The van der Waals surface area contributed by atoms with Crippen LogP contribution < -0.4 is 5.43 Å². The summed E-state index contributed by atoms with van der Waals surface area (Å²) in [5.74, 6) is -0.420. The number of benzene rings is 2. The first kappa shape index (κ1) is 17.1. The molecule has 0 aliphatic heterocycles. The number of hydrazone groups is 1. The minimum atomic E-state index is -0.480. The Labute approximate surface area is 151 Å². The molecule has 0 unspecified atom stereocenters. The van der Waals surface area contributed by atoms with Crippen LogP contribution in [0.2, 0.25) is 5.02 Å². The summed E-state index contributed by atoms with van der Waals surface area (Å²) in [6.45, 7) is 1.66. The molecule has 6 nitrogen and oxygen atoms in total. The summed E-state index contributed by atoms with van der Waals surface area (Å²) in [5, 5.41) is 16.1. The van der Waals surface area contributed by atoms with E-state index in [1.165, 1.54) is 23.5 Å². The molecule has 0 radical (unpaired) electrons. The minimum absolute atomic E-state index is 0.0362. The Morgan fingerprint density at radius 1 is 1.24 bits per heavy atom. The normalized spacial score (nSPS) is 11.5. The minimum Gasteiger partial charge on any atom is -0.266 e. The highest BCUT2D eigenvalue weighted by molar-refractivity contribution is 7.21. The van der Waals surface area contributed by atoms with Crippen LogP contribution in [0.15, 0.2) is 53.6 Å². The Balaban J connectivity index is 1.82. The van der Waals surface area contributed by atoms with Crippen molar-refractivity contribution < 1.29 is 9.72 Å². The molecule has 1 N–H and O–H groups in total. The van der Waals surface area contributed by atoms with Crippen LogP contribution in [-0.2, 0) is 0 Å². The molecule has 25 heavy (non-hydrogen) atoms. The van der Waals surface area contributed by atoms with Gasteiger partial charge in [0.15, 0.2) is 0 Å². The van der Waals surface area contributed by atoms with Gasteiger partial charge in [-0.25, -0.2) is 5.43 Å². The molecule has 3 rings (SSSR count). The van der Waals surface area contributed by atoms with Gasteiger partial charge in [0.25, 0.3) is 11.6 Å². The highest BCUT2D eigenvalue weighted by Crippen LogP contribution is 2.34. The maximum Gasteiger partial charge on any atom is 0.283 e. The number of thiophene rings is 1. The summed E-state index contributed by atoms with van der Waals surface area (Å²) in [6, 6.07) is 13.5. The molecule has 0 aliphatic rings. The molecule has 3 aromatic rings. The van der Waals surface area contributed by atoms with Crippen LogP contribution in [0.5, 0.6) is 0 Å². The summed E-state index contributed by atoms with van der Waals surface area (Å²) in [7, 11) is 0. The second-order valence-electron chi connectivity index (χ2n) is 5.19. The van der Waals surface area contributed by atoms with E-state index in [0.717, 1.165) is 10.1 Å². The molecular formula is C17H12ClN3O3S. The number of carbonyl (C=O) groups excluding carboxylic acids is 1. The highest BCUT2D eigenvalue weighted by Gasteiger charge is 2.16. The quantitative estimate of drug-likeness (QED) is 0.411. The van der Waals surface area contributed by atoms with E-state index in [2.05, 4.69) is 10.5 Å². The molecule has 0 atom stereocenters. The number of nitro benzene ring substituents is 1. The molecule has 0 aliphatic carbocycles. The summed E-state index contributed by atoms with van der Waals surface area (Å²) in [5.41, 5.74) is 3.42. The molecule has 1 aromatic heterocycles. The lowest BCUT2D eigenvalue weighted by Crippen LogP contribution is -2.18. The fourth-order valence-electron chi connectivity index (χ4n) is 2.25. The molecule has 1 heterocycles. The molecular weight excluding hydrogens is 362 g/mol. The first-order valence-corrected chi connectivity index (χ1v) is 8.43. The first-order valence-electron chi connectivity index (χ1n) is 7.24. The smallest absolute Gasteiger partial charge is 0.266 e. The standard InChI is InChI=1S/C17H12ClN3O3S/c1-10(11-5-4-6-12(9-11)21(23)24)19-20-17(22)16-15(18)13-7-2-3-8-14(13)25-16/h2-9H,1H3,(H,20,22). The van der Waals surface area contributed by atoms with E-state index in [0.29, 0.717) is 21.2 Å². The zero-order valence-electron chi connectivity index (χ0n) is 13.0. The van der Waals surface area contributed by atoms with Crippen LogP contribution in [0.3, 0.4) is 0 Å². The average molecular weight is 374 g/mol. The molecule has 0 bridgehead atoms. The zero-order valence-corrected chi connectivity index (χ0v) is 14.6. The molecule has 0 saturated carbocycles. The number of rotatable bonds is 4. The van der Waals surface area contributed by atoms with Crippen LogP contribution in [0.25, 0.3) is 10.1 Å². The van der Waals surface area contributed by atoms with Gasteiger partial charge >= 0.3 is 0 Å². The van der Waals surface area contributed by atoms with Crippen molar-refractivity contribution in [1.29, 1.82) is 0 Å². The van der Waals surface area contributed by atoms with Crippen LogP contribution in [0.4, 0.5) is 5.69 Å². The lowest BCUT2D eigenvalue weighted by molar-refractivity contribution is -0.384. The molecule has 0 spiro atoms. The van der Waals surface area contributed by atoms with Gasteiger partial charge in [0.1, 0.15) is 4.88 Å². The van der Waals surface area contributed by atoms with Crippen LogP contribution in [-0.4, -0.2) is 16.5 Å². The molecule has 0 fully saturated rings. The Hall–Kier alpha value is -2.77. The van der Waals surface area contributed by atoms with E-state index >= 15 is 0 Å². The maximum atomic E-state index is 12.3. The number of halogens is 1. The van der Waals surface area contributed by atoms with Gasteiger partial charge in [-0.2, -0.15) is 5.10 Å². The van der Waals surface area contributed by atoms with Crippen molar-refractivity contribution in [2.45, 2.75) is 6.92 Å². The van der Waals surface area contributed by atoms with Crippen molar-refractivity contribution in [3.8, 4) is 0 Å². The van der Waals surface area contributed by atoms with E-state index in [4.69, 9.17) is 11.6 Å². The van der Waals surface area contributed by atoms with E-state index in [1.807, 2.05) is 24.3 Å². The lowest BCUT2D eigenvalue weighted by Gasteiger charge is -2.02. The Kier molecular flexibility index (Phi) is 4.78. The van der Waals surface area contributed by atoms with E-state index in [-0.39, 0.29) is 5.69 Å². The third kappa shape index (κ3) is 3.52. The van der Waals surface area contributed by atoms with Gasteiger partial charge in [-0.1, -0.05) is 41.9 Å². The number of non-ortho nitro benzene ring substituents is 1. The maximum absolute atomic E-state index is 12.3. The number of carbonyl (C=O) groups is 1. The number of fused-ring (bicyclic) bond motifs is 1. The molecule has 126 valence electrons. The number of hydrogen-bond acceptors (Lipinski definition) is 5. The van der Waals surface area contributed by atoms with Gasteiger partial charge in [0.2, 0.25) is 0 Å². The van der Waals surface area contributed by atoms with Crippen molar-refractivity contribution in [2.75, 3.05) is 0 Å². The highest BCUT2D eigenvalue weighted by atomic mass is 35.5. The van der Waals surface area contributed by atoms with E-state index in [9.17, 15) is 14.9 Å². The molecule has 8 heteroatoms. The Bertz CT molecular complexity index is 1010. The number of amides is 1. The summed E-state index contributed by atoms with van der Waals surface area (Å²) in [4.78, 5) is 23.1. The Morgan fingerprint density at radius 3 is 2.72 bits per heavy atom. The van der Waals surface area contributed by atoms with Crippen LogP contribution >= 0.6 is 22.9 Å². The third-order valence-corrected chi connectivity index (χ3v) is 5.22. The van der Waals surface area contributed by atoms with E-state index < -0.39 is 10.8 Å². The van der Waals surface area contributed by atoms with Gasteiger partial charge in [-0.15, -0.1) is 11.3 Å². The Morgan fingerprint density at radius 2 is 2.00 bits per heavy atom. The number of nitro groups is 1. The van der Waals surface area contributed by atoms with Crippen LogP contribution in [0.1, 0.15) is 22.2 Å². The van der Waals surface area contributed by atoms with Crippen molar-refractivity contribution in [2.24, 2.45) is 5.10 Å². The van der Waals surface area contributed by atoms with Crippen molar-refractivity contribution in [3.63, 3.8) is 0 Å². The number of nitrogens with zero attached hydrogens (tertiary/aromatic N) is 2. The zero-order chi connectivity index (χ0) is 18.0. The number of nitrogens with one attached hydrogen (secondary N) is 1. The van der Waals surface area contributed by atoms with Crippen molar-refractivity contribution in [3.05, 3.63) is 74.1 Å². The fraction of sp³-hybridized carbons (Fsp3) is 0.0588. The summed E-state index contributed by atoms with van der Waals surface area (Å²) >= 11 is 7.55. The fourth-order valence-corrected chi connectivity index (χ4v) is 3.66. The second-order valence-corrected chi connectivity index (χ2v) is 6.62. The van der Waals surface area contributed by atoms with E-state index in [1.54, 1.807) is 19.1 Å². The first-order chi connectivity index (χ1) is 12.0. The van der Waals surface area contributed by atoms with Gasteiger partial charge in [0.05, 0.1) is 15.7 Å². The third-order valence-electron chi connectivity index (χ3n) is 3.54. The molecule has 1 amide bonds. The summed E-state index contributed by atoms with van der Waals surface area (Å²) in [6.07, 6.45) is 0. The van der Waals surface area contributed by atoms with Gasteiger partial charge in [-0.05, 0) is 13.0 Å². The van der Waals surface area contributed by atoms with Gasteiger partial charge in [0, 0.05) is 27.8 Å². The van der Waals surface area contributed by atoms with Gasteiger partial charge < -0.3 is 0 Å². The SMILES string of the molecule is CC(=NNC(=O)c1sc2ccccc2c1Cl)c1cccc([N+](=O)[O-])c1. The lowest BCUT2D eigenvalue weighted by atomic mass is 10.1. The number of hydrogen-bond donors (Lipinski definition) is 1. The van der Waals surface area contributed by atoms with Gasteiger partial charge in [-0.3, -0.25) is 14.9 Å².